The first-order valence-electron chi connectivity index (χ1n) is 3.57. The molecule has 2 rings (SSSR count). The van der Waals surface area contributed by atoms with Crippen LogP contribution in [0.15, 0.2) is 12.4 Å². The van der Waals surface area contributed by atoms with Crippen LogP contribution >= 0.6 is 0 Å². The van der Waals surface area contributed by atoms with E-state index in [0.717, 1.165) is 0 Å². The Morgan fingerprint density at radius 2 is 2.31 bits per heavy atom. The molecule has 2 aromatic rings. The second kappa shape index (κ2) is 2.51. The lowest BCUT2D eigenvalue weighted by molar-refractivity contribution is 0.0698. The van der Waals surface area contributed by atoms with Gasteiger partial charge in [0.15, 0.2) is 5.65 Å². The molecule has 0 aliphatic rings. The number of carbonyl (C=O) groups is 1. The summed E-state index contributed by atoms with van der Waals surface area (Å²) in [5.74, 6) is -1.02. The van der Waals surface area contributed by atoms with Gasteiger partial charge in [-0.05, 0) is 0 Å². The van der Waals surface area contributed by atoms with E-state index in [9.17, 15) is 4.79 Å². The van der Waals surface area contributed by atoms with Gasteiger partial charge in [-0.2, -0.15) is 10.2 Å². The Morgan fingerprint density at radius 1 is 1.54 bits per heavy atom. The van der Waals surface area contributed by atoms with Gasteiger partial charge >= 0.3 is 5.97 Å². The lowest BCUT2D eigenvalue weighted by Gasteiger charge is -1.94. The van der Waals surface area contributed by atoms with Crippen LogP contribution in [0.2, 0.25) is 0 Å². The Balaban J connectivity index is 2.84. The van der Waals surface area contributed by atoms with E-state index >= 15 is 0 Å². The first kappa shape index (κ1) is 7.66. The van der Waals surface area contributed by atoms with E-state index in [1.807, 2.05) is 0 Å². The SMILES string of the molecule is Cn1ncc2c(C(=O)O)cnnc21. The summed E-state index contributed by atoms with van der Waals surface area (Å²) < 4.78 is 1.48. The molecule has 0 atom stereocenters. The number of hydrogen-bond acceptors (Lipinski definition) is 4. The summed E-state index contributed by atoms with van der Waals surface area (Å²) in [6, 6.07) is 0. The van der Waals surface area contributed by atoms with Crippen molar-refractivity contribution in [1.82, 2.24) is 20.0 Å². The molecule has 0 aromatic carbocycles. The smallest absolute Gasteiger partial charge is 0.338 e. The number of hydrogen-bond donors (Lipinski definition) is 1. The fraction of sp³-hybridized carbons (Fsp3) is 0.143. The molecule has 0 bridgehead atoms. The summed E-state index contributed by atoms with van der Waals surface area (Å²) in [5.41, 5.74) is 0.595. The zero-order valence-corrected chi connectivity index (χ0v) is 6.80. The molecular formula is C7H6N4O2. The summed E-state index contributed by atoms with van der Waals surface area (Å²) in [6.07, 6.45) is 2.68. The minimum atomic E-state index is -1.02. The van der Waals surface area contributed by atoms with Crippen molar-refractivity contribution in [3.63, 3.8) is 0 Å². The molecule has 6 heteroatoms. The van der Waals surface area contributed by atoms with Crippen molar-refractivity contribution in [2.24, 2.45) is 7.05 Å². The number of rotatable bonds is 1. The first-order chi connectivity index (χ1) is 6.20. The molecule has 0 amide bonds. The maximum Gasteiger partial charge on any atom is 0.338 e. The highest BCUT2D eigenvalue weighted by Crippen LogP contribution is 2.13. The number of fused-ring (bicyclic) bond motifs is 1. The van der Waals surface area contributed by atoms with Crippen molar-refractivity contribution >= 4 is 17.0 Å². The van der Waals surface area contributed by atoms with Crippen molar-refractivity contribution in [1.29, 1.82) is 0 Å². The van der Waals surface area contributed by atoms with Crippen molar-refractivity contribution in [2.45, 2.75) is 0 Å². The van der Waals surface area contributed by atoms with Crippen LogP contribution in [-0.4, -0.2) is 31.1 Å². The number of aryl methyl sites for hydroxylation is 1. The molecule has 0 fully saturated rings. The fourth-order valence-electron chi connectivity index (χ4n) is 1.12. The predicted molar refractivity (Wildman–Crippen MR) is 43.3 cm³/mol. The molecule has 0 spiro atoms. The molecule has 2 heterocycles. The van der Waals surface area contributed by atoms with Crippen molar-refractivity contribution in [3.8, 4) is 0 Å². The van der Waals surface area contributed by atoms with Crippen LogP contribution in [0.4, 0.5) is 0 Å². The molecule has 0 saturated carbocycles. The zero-order valence-electron chi connectivity index (χ0n) is 6.80. The highest BCUT2D eigenvalue weighted by Gasteiger charge is 2.12. The molecule has 0 aliphatic carbocycles. The van der Waals surface area contributed by atoms with Crippen LogP contribution in [0.5, 0.6) is 0 Å². The van der Waals surface area contributed by atoms with Crippen LogP contribution in [0.25, 0.3) is 11.0 Å². The third-order valence-corrected chi connectivity index (χ3v) is 1.77. The van der Waals surface area contributed by atoms with Crippen LogP contribution in [-0.2, 0) is 7.05 Å². The van der Waals surface area contributed by atoms with Gasteiger partial charge < -0.3 is 5.11 Å². The lowest BCUT2D eigenvalue weighted by Crippen LogP contribution is -2.00. The van der Waals surface area contributed by atoms with Crippen LogP contribution in [0.3, 0.4) is 0 Å². The largest absolute Gasteiger partial charge is 0.478 e. The molecule has 6 nitrogen and oxygen atoms in total. The van der Waals surface area contributed by atoms with Gasteiger partial charge in [0.1, 0.15) is 0 Å². The molecule has 2 aromatic heterocycles. The summed E-state index contributed by atoms with van der Waals surface area (Å²) in [6.45, 7) is 0. The Kier molecular flexibility index (Phi) is 1.48. The lowest BCUT2D eigenvalue weighted by atomic mass is 10.2. The Bertz CT molecular complexity index is 476. The minimum absolute atomic E-state index is 0.123. The van der Waals surface area contributed by atoms with Gasteiger partial charge in [0.25, 0.3) is 0 Å². The predicted octanol–water partition coefficient (Wildman–Crippen LogP) is 0.0615. The van der Waals surface area contributed by atoms with Crippen molar-refractivity contribution < 1.29 is 9.90 Å². The number of aromatic carboxylic acids is 1. The van der Waals surface area contributed by atoms with E-state index < -0.39 is 5.97 Å². The van der Waals surface area contributed by atoms with Crippen LogP contribution < -0.4 is 0 Å². The van der Waals surface area contributed by atoms with E-state index in [1.54, 1.807) is 7.05 Å². The van der Waals surface area contributed by atoms with Gasteiger partial charge in [-0.1, -0.05) is 0 Å². The van der Waals surface area contributed by atoms with E-state index in [2.05, 4.69) is 15.3 Å². The van der Waals surface area contributed by atoms with Gasteiger partial charge in [-0.15, -0.1) is 5.10 Å². The van der Waals surface area contributed by atoms with Crippen LogP contribution in [0, 0.1) is 0 Å². The second-order valence-electron chi connectivity index (χ2n) is 2.57. The average Bonchev–Trinajstić information content (AvgIpc) is 2.48. The van der Waals surface area contributed by atoms with E-state index in [4.69, 9.17) is 5.11 Å². The number of nitrogens with zero attached hydrogens (tertiary/aromatic N) is 4. The molecule has 0 saturated heterocycles. The van der Waals surface area contributed by atoms with Crippen molar-refractivity contribution in [3.05, 3.63) is 18.0 Å². The Morgan fingerprint density at radius 3 is 3.00 bits per heavy atom. The number of carboxylic acid groups (broad SMARTS) is 1. The summed E-state index contributed by atoms with van der Waals surface area (Å²) in [4.78, 5) is 10.7. The summed E-state index contributed by atoms with van der Waals surface area (Å²) >= 11 is 0. The summed E-state index contributed by atoms with van der Waals surface area (Å²) in [5, 5.41) is 20.5. The number of carboxylic acids is 1. The normalized spacial score (nSPS) is 10.5. The topological polar surface area (TPSA) is 80.9 Å². The highest BCUT2D eigenvalue weighted by molar-refractivity contribution is 6.00. The maximum absolute atomic E-state index is 10.7. The van der Waals surface area contributed by atoms with E-state index in [-0.39, 0.29) is 5.56 Å². The van der Waals surface area contributed by atoms with Gasteiger partial charge in [-0.25, -0.2) is 9.48 Å². The van der Waals surface area contributed by atoms with Gasteiger partial charge in [0.2, 0.25) is 0 Å². The van der Waals surface area contributed by atoms with E-state index in [0.29, 0.717) is 11.0 Å². The zero-order chi connectivity index (χ0) is 9.42. The molecule has 0 radical (unpaired) electrons. The van der Waals surface area contributed by atoms with E-state index in [1.165, 1.54) is 17.1 Å². The quantitative estimate of drug-likeness (QED) is 0.667. The molecule has 13 heavy (non-hydrogen) atoms. The third kappa shape index (κ3) is 1.03. The molecule has 66 valence electrons. The molecule has 0 unspecified atom stereocenters. The Labute approximate surface area is 72.8 Å². The van der Waals surface area contributed by atoms with Gasteiger partial charge in [0, 0.05) is 7.05 Å². The standard InChI is InChI=1S/C7H6N4O2/c1-11-6-4(3-9-11)5(7(12)13)2-8-10-6/h2-3H,1H3,(H,12,13). The molecular weight excluding hydrogens is 172 g/mol. The first-order valence-corrected chi connectivity index (χ1v) is 3.57. The minimum Gasteiger partial charge on any atom is -0.478 e. The van der Waals surface area contributed by atoms with Crippen LogP contribution in [0.1, 0.15) is 10.4 Å². The molecule has 1 N–H and O–H groups in total. The maximum atomic E-state index is 10.7. The third-order valence-electron chi connectivity index (χ3n) is 1.77. The Hall–Kier alpha value is -1.98. The second-order valence-corrected chi connectivity index (χ2v) is 2.57. The summed E-state index contributed by atoms with van der Waals surface area (Å²) in [7, 11) is 1.68. The molecule has 0 aliphatic heterocycles. The number of aromatic nitrogens is 4. The monoisotopic (exact) mass is 178 g/mol. The average molecular weight is 178 g/mol. The fourth-order valence-corrected chi connectivity index (χ4v) is 1.12. The van der Waals surface area contributed by atoms with Crippen molar-refractivity contribution in [2.75, 3.05) is 0 Å². The van der Waals surface area contributed by atoms with Gasteiger partial charge in [0.05, 0.1) is 23.3 Å². The highest BCUT2D eigenvalue weighted by atomic mass is 16.4. The van der Waals surface area contributed by atoms with Gasteiger partial charge in [-0.3, -0.25) is 0 Å².